The van der Waals surface area contributed by atoms with Gasteiger partial charge in [-0.05, 0) is 30.1 Å². The first-order chi connectivity index (χ1) is 6.19. The zero-order valence-electron chi connectivity index (χ0n) is 6.65. The molecule has 0 radical (unpaired) electrons. The molecule has 0 aliphatic rings. The first-order valence-corrected chi connectivity index (χ1v) is 4.27. The Hall–Kier alpha value is -1.51. The quantitative estimate of drug-likeness (QED) is 0.673. The van der Waals surface area contributed by atoms with E-state index in [0.29, 0.717) is 10.5 Å². The van der Waals surface area contributed by atoms with Gasteiger partial charge in [-0.3, -0.25) is 9.93 Å². The van der Waals surface area contributed by atoms with Gasteiger partial charge in [-0.1, -0.05) is 0 Å². The van der Waals surface area contributed by atoms with E-state index in [0.717, 1.165) is 11.9 Å². The van der Waals surface area contributed by atoms with Crippen LogP contribution < -0.4 is 10.9 Å². The van der Waals surface area contributed by atoms with E-state index in [-0.39, 0.29) is 5.56 Å². The molecule has 0 aromatic heterocycles. The minimum Gasteiger partial charge on any atom is -0.366 e. The Morgan fingerprint density at radius 1 is 1.54 bits per heavy atom. The standard InChI is InChI=1S/C8H7N3OS/c9-4-5-1-2-7(13-11)6(3-5)8(10)12/h1-3H,11H2,(H2,10,12). The van der Waals surface area contributed by atoms with E-state index < -0.39 is 5.91 Å². The van der Waals surface area contributed by atoms with Crippen molar-refractivity contribution in [2.45, 2.75) is 4.90 Å². The molecule has 0 spiro atoms. The van der Waals surface area contributed by atoms with Gasteiger partial charge in [0, 0.05) is 4.90 Å². The van der Waals surface area contributed by atoms with Crippen molar-refractivity contribution in [1.82, 2.24) is 0 Å². The average molecular weight is 193 g/mol. The molecule has 0 atom stereocenters. The van der Waals surface area contributed by atoms with Crippen LogP contribution in [0.2, 0.25) is 0 Å². The number of carbonyl (C=O) groups excluding carboxylic acids is 1. The van der Waals surface area contributed by atoms with Crippen LogP contribution in [-0.2, 0) is 0 Å². The predicted molar refractivity (Wildman–Crippen MR) is 49.7 cm³/mol. The normalized spacial score (nSPS) is 9.23. The maximum absolute atomic E-state index is 10.9. The first kappa shape index (κ1) is 9.58. The maximum Gasteiger partial charge on any atom is 0.249 e. The van der Waals surface area contributed by atoms with Crippen molar-refractivity contribution in [3.8, 4) is 6.07 Å². The second kappa shape index (κ2) is 3.94. The van der Waals surface area contributed by atoms with Crippen LogP contribution in [0.5, 0.6) is 0 Å². The maximum atomic E-state index is 10.9. The van der Waals surface area contributed by atoms with E-state index in [2.05, 4.69) is 0 Å². The Morgan fingerprint density at radius 3 is 2.69 bits per heavy atom. The molecule has 0 saturated carbocycles. The van der Waals surface area contributed by atoms with E-state index in [1.165, 1.54) is 6.07 Å². The van der Waals surface area contributed by atoms with Crippen LogP contribution in [0.3, 0.4) is 0 Å². The van der Waals surface area contributed by atoms with Crippen molar-refractivity contribution in [3.63, 3.8) is 0 Å². The first-order valence-electron chi connectivity index (χ1n) is 3.39. The molecule has 0 heterocycles. The Kier molecular flexibility index (Phi) is 2.90. The van der Waals surface area contributed by atoms with Crippen LogP contribution in [0.4, 0.5) is 0 Å². The van der Waals surface area contributed by atoms with Crippen LogP contribution in [-0.4, -0.2) is 5.91 Å². The van der Waals surface area contributed by atoms with Gasteiger partial charge in [0.05, 0.1) is 17.2 Å². The fraction of sp³-hybridized carbons (Fsp3) is 0. The zero-order chi connectivity index (χ0) is 9.84. The Bertz CT molecular complexity index is 383. The van der Waals surface area contributed by atoms with Gasteiger partial charge in [0.15, 0.2) is 0 Å². The number of nitrogens with zero attached hydrogens (tertiary/aromatic N) is 1. The smallest absolute Gasteiger partial charge is 0.249 e. The summed E-state index contributed by atoms with van der Waals surface area (Å²) in [4.78, 5) is 11.5. The molecule has 0 aliphatic heterocycles. The number of nitrogens with two attached hydrogens (primary N) is 2. The van der Waals surface area contributed by atoms with Crippen molar-refractivity contribution in [1.29, 1.82) is 5.26 Å². The number of rotatable bonds is 2. The largest absolute Gasteiger partial charge is 0.366 e. The molecule has 66 valence electrons. The van der Waals surface area contributed by atoms with Crippen LogP contribution in [0, 0.1) is 11.3 Å². The molecule has 5 heteroatoms. The van der Waals surface area contributed by atoms with E-state index in [1.54, 1.807) is 12.1 Å². The minimum absolute atomic E-state index is 0.284. The lowest BCUT2D eigenvalue weighted by molar-refractivity contribution is 0.0997. The van der Waals surface area contributed by atoms with Crippen LogP contribution >= 0.6 is 11.9 Å². The highest BCUT2D eigenvalue weighted by molar-refractivity contribution is 7.97. The fourth-order valence-corrected chi connectivity index (χ4v) is 1.33. The lowest BCUT2D eigenvalue weighted by Gasteiger charge is -2.02. The van der Waals surface area contributed by atoms with Gasteiger partial charge in [-0.2, -0.15) is 5.26 Å². The predicted octanol–water partition coefficient (Wildman–Crippen LogP) is 0.623. The van der Waals surface area contributed by atoms with Crippen molar-refractivity contribution >= 4 is 17.9 Å². The molecule has 0 unspecified atom stereocenters. The molecule has 0 saturated heterocycles. The van der Waals surface area contributed by atoms with Crippen LogP contribution in [0.1, 0.15) is 15.9 Å². The summed E-state index contributed by atoms with van der Waals surface area (Å²) in [5, 5.41) is 13.9. The van der Waals surface area contributed by atoms with Crippen molar-refractivity contribution in [2.75, 3.05) is 0 Å². The van der Waals surface area contributed by atoms with Crippen molar-refractivity contribution in [3.05, 3.63) is 29.3 Å². The third-order valence-corrected chi connectivity index (χ3v) is 2.11. The summed E-state index contributed by atoms with van der Waals surface area (Å²) in [5.74, 6) is -0.579. The molecule has 0 bridgehead atoms. The van der Waals surface area contributed by atoms with Gasteiger partial charge >= 0.3 is 0 Å². The highest BCUT2D eigenvalue weighted by Crippen LogP contribution is 2.18. The number of hydrogen-bond acceptors (Lipinski definition) is 4. The van der Waals surface area contributed by atoms with Crippen LogP contribution in [0.25, 0.3) is 0 Å². The average Bonchev–Trinajstić information content (AvgIpc) is 2.16. The number of primary amides is 1. The SMILES string of the molecule is N#Cc1ccc(SN)c(C(N)=O)c1. The molecule has 1 rings (SSSR count). The molecule has 1 amide bonds. The lowest BCUT2D eigenvalue weighted by atomic mass is 10.1. The van der Waals surface area contributed by atoms with Crippen LogP contribution in [0.15, 0.2) is 23.1 Å². The monoisotopic (exact) mass is 193 g/mol. The summed E-state index contributed by atoms with van der Waals surface area (Å²) >= 11 is 0.933. The number of carbonyl (C=O) groups is 1. The molecular weight excluding hydrogens is 186 g/mol. The lowest BCUT2D eigenvalue weighted by Crippen LogP contribution is -2.12. The molecule has 1 aromatic carbocycles. The molecular formula is C8H7N3OS. The second-order valence-corrected chi connectivity index (χ2v) is 2.98. The minimum atomic E-state index is -0.579. The summed E-state index contributed by atoms with van der Waals surface area (Å²) in [6, 6.07) is 6.53. The van der Waals surface area contributed by atoms with E-state index in [4.69, 9.17) is 16.1 Å². The Labute approximate surface area is 79.7 Å². The summed E-state index contributed by atoms with van der Waals surface area (Å²) < 4.78 is 0. The summed E-state index contributed by atoms with van der Waals surface area (Å²) in [6.07, 6.45) is 0. The number of hydrogen-bond donors (Lipinski definition) is 2. The highest BCUT2D eigenvalue weighted by Gasteiger charge is 2.08. The molecule has 4 nitrogen and oxygen atoms in total. The van der Waals surface area contributed by atoms with Gasteiger partial charge in [-0.15, -0.1) is 0 Å². The summed E-state index contributed by atoms with van der Waals surface area (Å²) in [5.41, 5.74) is 5.78. The van der Waals surface area contributed by atoms with Gasteiger partial charge in [-0.25, -0.2) is 0 Å². The second-order valence-electron chi connectivity index (χ2n) is 2.30. The fourth-order valence-electron chi connectivity index (χ4n) is 0.895. The van der Waals surface area contributed by atoms with E-state index >= 15 is 0 Å². The number of benzene rings is 1. The zero-order valence-corrected chi connectivity index (χ0v) is 7.47. The molecule has 0 fully saturated rings. The van der Waals surface area contributed by atoms with E-state index in [1.807, 2.05) is 6.07 Å². The van der Waals surface area contributed by atoms with Gasteiger partial charge in [0.2, 0.25) is 5.91 Å². The van der Waals surface area contributed by atoms with Gasteiger partial charge in [0.25, 0.3) is 0 Å². The van der Waals surface area contributed by atoms with Crippen molar-refractivity contribution < 1.29 is 4.79 Å². The topological polar surface area (TPSA) is 92.9 Å². The number of amides is 1. The molecule has 0 aliphatic carbocycles. The Balaban J connectivity index is 3.28. The number of nitriles is 1. The Morgan fingerprint density at radius 2 is 2.23 bits per heavy atom. The highest BCUT2D eigenvalue weighted by atomic mass is 32.2. The summed E-state index contributed by atoms with van der Waals surface area (Å²) in [7, 11) is 0. The summed E-state index contributed by atoms with van der Waals surface area (Å²) in [6.45, 7) is 0. The van der Waals surface area contributed by atoms with Gasteiger partial charge < -0.3 is 5.73 Å². The third-order valence-electron chi connectivity index (χ3n) is 1.50. The third kappa shape index (κ3) is 1.99. The van der Waals surface area contributed by atoms with E-state index in [9.17, 15) is 4.79 Å². The van der Waals surface area contributed by atoms with Gasteiger partial charge in [0.1, 0.15) is 0 Å². The van der Waals surface area contributed by atoms with Crippen molar-refractivity contribution in [2.24, 2.45) is 10.9 Å². The molecule has 1 aromatic rings. The molecule has 4 N–H and O–H groups in total. The molecule has 13 heavy (non-hydrogen) atoms.